The zero-order valence-electron chi connectivity index (χ0n) is 10.4. The maximum Gasteiger partial charge on any atom is 0.152 e. The van der Waals surface area contributed by atoms with E-state index in [1.807, 2.05) is 25.1 Å². The van der Waals surface area contributed by atoms with Gasteiger partial charge in [-0.1, -0.05) is 30.4 Å². The first-order valence-electron chi connectivity index (χ1n) is 5.47. The van der Waals surface area contributed by atoms with Crippen LogP contribution in [0.15, 0.2) is 30.4 Å². The predicted octanol–water partition coefficient (Wildman–Crippen LogP) is 3.20. The Morgan fingerprint density at radius 3 is 1.71 bits per heavy atom. The minimum absolute atomic E-state index is 0.0223. The summed E-state index contributed by atoms with van der Waals surface area (Å²) >= 11 is 0. The maximum atomic E-state index is 10.9. The van der Waals surface area contributed by atoms with Gasteiger partial charge in [-0.3, -0.25) is 9.59 Å². The van der Waals surface area contributed by atoms with Gasteiger partial charge in [0.1, 0.15) is 0 Å². The topological polar surface area (TPSA) is 34.1 Å². The largest absolute Gasteiger partial charge is 0.295 e. The van der Waals surface area contributed by atoms with E-state index >= 15 is 0 Å². The Kier molecular flexibility index (Phi) is 4.58. The van der Waals surface area contributed by atoms with Gasteiger partial charge < -0.3 is 0 Å². The first kappa shape index (κ1) is 13.1. The maximum absolute atomic E-state index is 10.9. The highest BCUT2D eigenvalue weighted by Crippen LogP contribution is 2.16. The number of hydrogen-bond donors (Lipinski definition) is 0. The Hall–Kier alpha value is -1.96. The lowest BCUT2D eigenvalue weighted by molar-refractivity contribution is -0.113. The second kappa shape index (κ2) is 5.94. The molecule has 2 heteroatoms. The van der Waals surface area contributed by atoms with Gasteiger partial charge in [0.05, 0.1) is 0 Å². The number of hydrogen-bond acceptors (Lipinski definition) is 2. The summed E-state index contributed by atoms with van der Waals surface area (Å²) in [5.74, 6) is 0.0446. The average molecular weight is 228 g/mol. The van der Waals surface area contributed by atoms with Crippen LogP contribution in [-0.2, 0) is 9.59 Å². The van der Waals surface area contributed by atoms with E-state index in [1.54, 1.807) is 24.3 Å². The van der Waals surface area contributed by atoms with Crippen molar-refractivity contribution in [2.24, 2.45) is 0 Å². The second-order valence-corrected chi connectivity index (χ2v) is 3.95. The van der Waals surface area contributed by atoms with E-state index in [2.05, 4.69) is 0 Å². The molecule has 0 heterocycles. The molecule has 0 saturated carbocycles. The van der Waals surface area contributed by atoms with Gasteiger partial charge >= 0.3 is 0 Å². The van der Waals surface area contributed by atoms with E-state index in [0.717, 1.165) is 16.7 Å². The molecule has 1 aromatic rings. The lowest BCUT2D eigenvalue weighted by Gasteiger charge is -2.04. The smallest absolute Gasteiger partial charge is 0.152 e. The summed E-state index contributed by atoms with van der Waals surface area (Å²) < 4.78 is 0. The molecule has 0 aliphatic rings. The summed E-state index contributed by atoms with van der Waals surface area (Å²) in [5, 5.41) is 0. The van der Waals surface area contributed by atoms with Gasteiger partial charge in [0.2, 0.25) is 0 Å². The summed E-state index contributed by atoms with van der Waals surface area (Å²) in [6.07, 6.45) is 6.67. The van der Waals surface area contributed by atoms with Crippen molar-refractivity contribution in [1.29, 1.82) is 0 Å². The molecule has 0 unspecified atom stereocenters. The van der Waals surface area contributed by atoms with Crippen molar-refractivity contribution in [3.05, 3.63) is 47.0 Å². The van der Waals surface area contributed by atoms with Gasteiger partial charge in [0.15, 0.2) is 11.6 Å². The van der Waals surface area contributed by atoms with Crippen LogP contribution in [0.2, 0.25) is 0 Å². The van der Waals surface area contributed by atoms with Gasteiger partial charge in [0.25, 0.3) is 0 Å². The predicted molar refractivity (Wildman–Crippen MR) is 70.6 cm³/mol. The fourth-order valence-corrected chi connectivity index (χ4v) is 1.45. The van der Waals surface area contributed by atoms with Crippen molar-refractivity contribution >= 4 is 23.7 Å². The highest BCUT2D eigenvalue weighted by atomic mass is 16.1. The van der Waals surface area contributed by atoms with Gasteiger partial charge in [0, 0.05) is 0 Å². The van der Waals surface area contributed by atoms with E-state index in [0.29, 0.717) is 0 Å². The van der Waals surface area contributed by atoms with Crippen LogP contribution in [0.5, 0.6) is 0 Å². The van der Waals surface area contributed by atoms with Crippen LogP contribution in [-0.4, -0.2) is 11.6 Å². The molecule has 1 rings (SSSR count). The normalized spacial score (nSPS) is 11.2. The van der Waals surface area contributed by atoms with Crippen LogP contribution in [0.25, 0.3) is 12.2 Å². The molecule has 0 amide bonds. The van der Waals surface area contributed by atoms with Crippen LogP contribution in [0.3, 0.4) is 0 Å². The molecule has 0 aliphatic carbocycles. The van der Waals surface area contributed by atoms with E-state index < -0.39 is 0 Å². The number of ketones is 2. The zero-order valence-corrected chi connectivity index (χ0v) is 10.4. The first-order chi connectivity index (χ1) is 8.00. The summed E-state index contributed by atoms with van der Waals surface area (Å²) in [7, 11) is 0. The molecular formula is C15H16O2. The van der Waals surface area contributed by atoms with Crippen LogP contribution >= 0.6 is 0 Å². The molecule has 0 fully saturated rings. The highest BCUT2D eigenvalue weighted by molar-refractivity contribution is 5.93. The standard InChI is InChI=1S/C15H16O2/c1-11(16)7-9-14-5-4-6-15(13(14)3)10-8-12(2)17/h4-10H,1-3H3. The molecule has 0 bridgehead atoms. The number of benzene rings is 1. The Morgan fingerprint density at radius 1 is 0.941 bits per heavy atom. The van der Waals surface area contributed by atoms with Crippen LogP contribution in [0.1, 0.15) is 30.5 Å². The van der Waals surface area contributed by atoms with Crippen LogP contribution in [0.4, 0.5) is 0 Å². The molecule has 0 saturated heterocycles. The molecule has 2 nitrogen and oxygen atoms in total. The molecule has 0 radical (unpaired) electrons. The Labute approximate surface area is 102 Å². The monoisotopic (exact) mass is 228 g/mol. The van der Waals surface area contributed by atoms with Crippen molar-refractivity contribution in [3.63, 3.8) is 0 Å². The van der Waals surface area contributed by atoms with Crippen molar-refractivity contribution in [2.75, 3.05) is 0 Å². The number of rotatable bonds is 4. The van der Waals surface area contributed by atoms with Crippen molar-refractivity contribution in [2.45, 2.75) is 20.8 Å². The third-order valence-electron chi connectivity index (χ3n) is 2.41. The summed E-state index contributed by atoms with van der Waals surface area (Å²) in [4.78, 5) is 21.8. The fraction of sp³-hybridized carbons (Fsp3) is 0.200. The molecule has 0 spiro atoms. The van der Waals surface area contributed by atoms with Crippen molar-refractivity contribution in [1.82, 2.24) is 0 Å². The van der Waals surface area contributed by atoms with E-state index in [-0.39, 0.29) is 11.6 Å². The molecule has 0 atom stereocenters. The Morgan fingerprint density at radius 2 is 1.35 bits per heavy atom. The SMILES string of the molecule is CC(=O)C=Cc1cccc(C=CC(C)=O)c1C. The Bertz CT molecular complexity index is 451. The third-order valence-corrected chi connectivity index (χ3v) is 2.41. The van der Waals surface area contributed by atoms with Crippen molar-refractivity contribution in [3.8, 4) is 0 Å². The highest BCUT2D eigenvalue weighted by Gasteiger charge is 1.99. The quantitative estimate of drug-likeness (QED) is 0.741. The van der Waals surface area contributed by atoms with E-state index in [1.165, 1.54) is 13.8 Å². The number of allylic oxidation sites excluding steroid dienone is 2. The Balaban J connectivity index is 3.07. The number of carbonyl (C=O) groups is 2. The lowest BCUT2D eigenvalue weighted by Crippen LogP contribution is -1.88. The molecule has 88 valence electrons. The summed E-state index contributed by atoms with van der Waals surface area (Å²) in [5.41, 5.74) is 3.04. The minimum Gasteiger partial charge on any atom is -0.295 e. The fourth-order valence-electron chi connectivity index (χ4n) is 1.45. The molecule has 17 heavy (non-hydrogen) atoms. The molecule has 0 aliphatic heterocycles. The third kappa shape index (κ3) is 4.19. The minimum atomic E-state index is 0.0223. The summed E-state index contributed by atoms with van der Waals surface area (Å²) in [6, 6.07) is 5.80. The summed E-state index contributed by atoms with van der Waals surface area (Å²) in [6.45, 7) is 5.01. The molecule has 0 N–H and O–H groups in total. The zero-order chi connectivity index (χ0) is 12.8. The lowest BCUT2D eigenvalue weighted by atomic mass is 10.0. The van der Waals surface area contributed by atoms with Crippen molar-refractivity contribution < 1.29 is 9.59 Å². The van der Waals surface area contributed by atoms with Gasteiger partial charge in [-0.25, -0.2) is 0 Å². The first-order valence-corrected chi connectivity index (χ1v) is 5.47. The number of carbonyl (C=O) groups excluding carboxylic acids is 2. The van der Waals surface area contributed by atoms with E-state index in [9.17, 15) is 9.59 Å². The van der Waals surface area contributed by atoms with Crippen LogP contribution in [0, 0.1) is 6.92 Å². The molecular weight excluding hydrogens is 212 g/mol. The second-order valence-electron chi connectivity index (χ2n) is 3.95. The molecule has 0 aromatic heterocycles. The van der Waals surface area contributed by atoms with Gasteiger partial charge in [-0.2, -0.15) is 0 Å². The molecule has 1 aromatic carbocycles. The van der Waals surface area contributed by atoms with Gasteiger partial charge in [-0.15, -0.1) is 0 Å². The van der Waals surface area contributed by atoms with Crippen LogP contribution < -0.4 is 0 Å². The van der Waals surface area contributed by atoms with Gasteiger partial charge in [-0.05, 0) is 49.6 Å². The van der Waals surface area contributed by atoms with E-state index in [4.69, 9.17) is 0 Å². The average Bonchev–Trinajstić information content (AvgIpc) is 2.25.